The number of amidine groups is 1. The van der Waals surface area contributed by atoms with E-state index in [1.807, 2.05) is 0 Å². The molecule has 64 valence electrons. The van der Waals surface area contributed by atoms with Crippen LogP contribution in [0.3, 0.4) is 0 Å². The lowest BCUT2D eigenvalue weighted by Gasteiger charge is -1.98. The van der Waals surface area contributed by atoms with Crippen LogP contribution < -0.4 is 5.73 Å². The Morgan fingerprint density at radius 3 is 2.50 bits per heavy atom. The van der Waals surface area contributed by atoms with E-state index in [1.54, 1.807) is 24.3 Å². The fourth-order valence-corrected chi connectivity index (χ4v) is 0.898. The average molecular weight is 185 g/mol. The molecule has 2 N–H and O–H groups in total. The normalized spacial score (nSPS) is 11.3. The highest BCUT2D eigenvalue weighted by molar-refractivity contribution is 6.30. The van der Waals surface area contributed by atoms with E-state index in [2.05, 4.69) is 9.99 Å². The number of hydrogen-bond donors (Lipinski definition) is 1. The fourth-order valence-electron chi connectivity index (χ4n) is 0.772. The van der Waals surface area contributed by atoms with Crippen molar-refractivity contribution in [2.24, 2.45) is 10.9 Å². The molecule has 1 aromatic rings. The monoisotopic (exact) mass is 184 g/mol. The van der Waals surface area contributed by atoms with Gasteiger partial charge in [-0.05, 0) is 24.3 Å². The van der Waals surface area contributed by atoms with Crippen molar-refractivity contribution in [2.75, 3.05) is 7.11 Å². The smallest absolute Gasteiger partial charge is 0.170 e. The first-order valence-electron chi connectivity index (χ1n) is 3.36. The van der Waals surface area contributed by atoms with Gasteiger partial charge in [-0.15, -0.1) is 0 Å². The summed E-state index contributed by atoms with van der Waals surface area (Å²) in [6, 6.07) is 7.05. The van der Waals surface area contributed by atoms with Crippen LogP contribution in [-0.4, -0.2) is 12.9 Å². The average Bonchev–Trinajstić information content (AvgIpc) is 2.06. The molecule has 0 spiro atoms. The fraction of sp³-hybridized carbons (Fsp3) is 0.125. The minimum atomic E-state index is 0.342. The van der Waals surface area contributed by atoms with Gasteiger partial charge in [-0.25, -0.2) is 0 Å². The maximum atomic E-state index is 5.68. The first-order chi connectivity index (χ1) is 5.74. The largest absolute Gasteiger partial charge is 0.397 e. The van der Waals surface area contributed by atoms with Crippen molar-refractivity contribution in [3.8, 4) is 0 Å². The van der Waals surface area contributed by atoms with Gasteiger partial charge in [0.1, 0.15) is 7.11 Å². The molecule has 0 aliphatic rings. The molecule has 0 unspecified atom stereocenters. The molecule has 1 aromatic carbocycles. The maximum Gasteiger partial charge on any atom is 0.170 e. The second-order valence-corrected chi connectivity index (χ2v) is 2.60. The van der Waals surface area contributed by atoms with E-state index in [9.17, 15) is 0 Å². The van der Waals surface area contributed by atoms with Gasteiger partial charge >= 0.3 is 0 Å². The van der Waals surface area contributed by atoms with E-state index in [0.29, 0.717) is 10.9 Å². The third-order valence-corrected chi connectivity index (χ3v) is 1.58. The number of nitrogens with zero attached hydrogens (tertiary/aromatic N) is 1. The third-order valence-electron chi connectivity index (χ3n) is 1.33. The van der Waals surface area contributed by atoms with Crippen LogP contribution in [0.4, 0.5) is 0 Å². The number of nitrogens with two attached hydrogens (primary N) is 1. The molecule has 0 radical (unpaired) electrons. The number of hydrogen-bond acceptors (Lipinski definition) is 2. The lowest BCUT2D eigenvalue weighted by Crippen LogP contribution is -2.13. The summed E-state index contributed by atoms with van der Waals surface area (Å²) in [7, 11) is 1.45. The van der Waals surface area contributed by atoms with Crippen LogP contribution in [0.25, 0.3) is 0 Å². The minimum Gasteiger partial charge on any atom is -0.397 e. The third kappa shape index (κ3) is 2.13. The molecule has 4 heteroatoms. The molecular formula is C8H9ClN2O. The molecule has 0 saturated heterocycles. The summed E-state index contributed by atoms with van der Waals surface area (Å²) in [5, 5.41) is 4.25. The Kier molecular flexibility index (Phi) is 2.94. The number of oxime groups is 1. The van der Waals surface area contributed by atoms with Gasteiger partial charge in [-0.2, -0.15) is 0 Å². The van der Waals surface area contributed by atoms with E-state index in [1.165, 1.54) is 7.11 Å². The number of halogens is 1. The summed E-state index contributed by atoms with van der Waals surface area (Å²) < 4.78 is 0. The summed E-state index contributed by atoms with van der Waals surface area (Å²) >= 11 is 5.68. The van der Waals surface area contributed by atoms with Gasteiger partial charge in [0.05, 0.1) is 0 Å². The molecule has 0 aliphatic heterocycles. The Morgan fingerprint density at radius 2 is 2.00 bits per heavy atom. The van der Waals surface area contributed by atoms with Crippen LogP contribution in [0.5, 0.6) is 0 Å². The molecule has 0 bridgehead atoms. The highest BCUT2D eigenvalue weighted by atomic mass is 35.5. The van der Waals surface area contributed by atoms with E-state index in [0.717, 1.165) is 5.56 Å². The first-order valence-corrected chi connectivity index (χ1v) is 3.74. The lowest BCUT2D eigenvalue weighted by atomic mass is 10.2. The highest BCUT2D eigenvalue weighted by Gasteiger charge is 1.97. The predicted molar refractivity (Wildman–Crippen MR) is 49.2 cm³/mol. The molecule has 0 aromatic heterocycles. The SMILES string of the molecule is CO/N=C(\N)c1ccc(Cl)cc1. The van der Waals surface area contributed by atoms with Crippen LogP contribution in [0, 0.1) is 0 Å². The summed E-state index contributed by atoms with van der Waals surface area (Å²) in [5.74, 6) is 0.342. The summed E-state index contributed by atoms with van der Waals surface area (Å²) in [5.41, 5.74) is 6.33. The molecule has 3 nitrogen and oxygen atoms in total. The number of benzene rings is 1. The zero-order valence-electron chi connectivity index (χ0n) is 6.62. The maximum absolute atomic E-state index is 5.68. The van der Waals surface area contributed by atoms with Crippen molar-refractivity contribution < 1.29 is 4.84 Å². The molecule has 1 rings (SSSR count). The van der Waals surface area contributed by atoms with Gasteiger partial charge in [0.25, 0.3) is 0 Å². The Balaban J connectivity index is 2.89. The second-order valence-electron chi connectivity index (χ2n) is 2.17. The highest BCUT2D eigenvalue weighted by Crippen LogP contribution is 2.08. The zero-order chi connectivity index (χ0) is 8.97. The van der Waals surface area contributed by atoms with Gasteiger partial charge in [0, 0.05) is 10.6 Å². The molecule has 0 saturated carbocycles. The molecule has 0 fully saturated rings. The van der Waals surface area contributed by atoms with Crippen LogP contribution in [0.1, 0.15) is 5.56 Å². The first kappa shape index (κ1) is 8.87. The molecule has 0 amide bonds. The van der Waals surface area contributed by atoms with Crippen molar-refractivity contribution in [1.29, 1.82) is 0 Å². The topological polar surface area (TPSA) is 47.6 Å². The van der Waals surface area contributed by atoms with Crippen molar-refractivity contribution in [2.45, 2.75) is 0 Å². The van der Waals surface area contributed by atoms with Crippen LogP contribution in [0.15, 0.2) is 29.4 Å². The van der Waals surface area contributed by atoms with Gasteiger partial charge in [-0.1, -0.05) is 16.8 Å². The van der Waals surface area contributed by atoms with Crippen molar-refractivity contribution in [3.05, 3.63) is 34.9 Å². The Hall–Kier alpha value is -1.22. The molecular weight excluding hydrogens is 176 g/mol. The summed E-state index contributed by atoms with van der Waals surface area (Å²) in [6.45, 7) is 0. The molecule has 0 aliphatic carbocycles. The summed E-state index contributed by atoms with van der Waals surface area (Å²) in [4.78, 5) is 4.52. The molecule has 12 heavy (non-hydrogen) atoms. The van der Waals surface area contributed by atoms with E-state index >= 15 is 0 Å². The van der Waals surface area contributed by atoms with Crippen molar-refractivity contribution in [3.63, 3.8) is 0 Å². The Morgan fingerprint density at radius 1 is 1.42 bits per heavy atom. The van der Waals surface area contributed by atoms with Crippen molar-refractivity contribution in [1.82, 2.24) is 0 Å². The Bertz CT molecular complexity index is 282. The van der Waals surface area contributed by atoms with E-state index in [4.69, 9.17) is 17.3 Å². The lowest BCUT2D eigenvalue weighted by molar-refractivity contribution is 0.213. The standard InChI is InChI=1S/C8H9ClN2O/c1-12-11-8(10)6-2-4-7(9)5-3-6/h2-5H,1H3,(H2,10,11). The quantitative estimate of drug-likeness (QED) is 0.431. The Labute approximate surface area is 75.8 Å². The van der Waals surface area contributed by atoms with Crippen LogP contribution in [0.2, 0.25) is 5.02 Å². The number of rotatable bonds is 2. The van der Waals surface area contributed by atoms with Gasteiger partial charge in [-0.3, -0.25) is 0 Å². The predicted octanol–water partition coefficient (Wildman–Crippen LogP) is 1.61. The van der Waals surface area contributed by atoms with Gasteiger partial charge < -0.3 is 10.6 Å². The minimum absolute atomic E-state index is 0.342. The van der Waals surface area contributed by atoms with Crippen LogP contribution >= 0.6 is 11.6 Å². The molecule has 0 heterocycles. The van der Waals surface area contributed by atoms with Gasteiger partial charge in [0.15, 0.2) is 5.84 Å². The van der Waals surface area contributed by atoms with Gasteiger partial charge in [0.2, 0.25) is 0 Å². The zero-order valence-corrected chi connectivity index (χ0v) is 7.38. The van der Waals surface area contributed by atoms with E-state index < -0.39 is 0 Å². The second kappa shape index (κ2) is 3.97. The summed E-state index contributed by atoms with van der Waals surface area (Å²) in [6.07, 6.45) is 0. The van der Waals surface area contributed by atoms with Crippen LogP contribution in [-0.2, 0) is 4.84 Å². The molecule has 0 atom stereocenters. The van der Waals surface area contributed by atoms with Crippen molar-refractivity contribution >= 4 is 17.4 Å². The van der Waals surface area contributed by atoms with E-state index in [-0.39, 0.29) is 0 Å².